The zero-order valence-corrected chi connectivity index (χ0v) is 12.0. The molecule has 0 fully saturated rings. The second-order valence-corrected chi connectivity index (χ2v) is 4.17. The smallest absolute Gasteiger partial charge is 0.263 e. The summed E-state index contributed by atoms with van der Waals surface area (Å²) in [5.41, 5.74) is 6.31. The molecule has 1 rings (SSSR count). The largest absolute Gasteiger partial charge is 0.497 e. The zero-order chi connectivity index (χ0) is 14.4. The molecule has 5 nitrogen and oxygen atoms in total. The second-order valence-electron chi connectivity index (χ2n) is 4.17. The van der Waals surface area contributed by atoms with Crippen LogP contribution in [-0.2, 0) is 4.79 Å². The Kier molecular flexibility index (Phi) is 5.48. The van der Waals surface area contributed by atoms with Gasteiger partial charge in [0.05, 0.1) is 12.8 Å². The number of nitrogens with two attached hydrogens (primary N) is 1. The van der Waals surface area contributed by atoms with Crippen molar-refractivity contribution in [1.29, 1.82) is 0 Å². The third-order valence-electron chi connectivity index (χ3n) is 2.94. The molecule has 19 heavy (non-hydrogen) atoms. The fourth-order valence-electron chi connectivity index (χ4n) is 1.79. The predicted molar refractivity (Wildman–Crippen MR) is 75.4 cm³/mol. The molecule has 5 heteroatoms. The van der Waals surface area contributed by atoms with E-state index < -0.39 is 6.10 Å². The Hall–Kier alpha value is -1.91. The van der Waals surface area contributed by atoms with Gasteiger partial charge in [-0.15, -0.1) is 0 Å². The Balaban J connectivity index is 2.76. The van der Waals surface area contributed by atoms with E-state index >= 15 is 0 Å². The van der Waals surface area contributed by atoms with Crippen LogP contribution in [-0.4, -0.2) is 37.1 Å². The Labute approximate surface area is 114 Å². The van der Waals surface area contributed by atoms with E-state index in [1.807, 2.05) is 13.8 Å². The van der Waals surface area contributed by atoms with Crippen molar-refractivity contribution in [2.45, 2.75) is 26.9 Å². The summed E-state index contributed by atoms with van der Waals surface area (Å²) < 4.78 is 10.7. The number of nitrogens with zero attached hydrogens (tertiary/aromatic N) is 1. The van der Waals surface area contributed by atoms with Crippen molar-refractivity contribution in [3.8, 4) is 11.5 Å². The molecular formula is C14H22N2O3. The van der Waals surface area contributed by atoms with Crippen molar-refractivity contribution in [3.05, 3.63) is 18.2 Å². The van der Waals surface area contributed by atoms with E-state index in [0.717, 1.165) is 0 Å². The Morgan fingerprint density at radius 3 is 2.47 bits per heavy atom. The summed E-state index contributed by atoms with van der Waals surface area (Å²) >= 11 is 0. The van der Waals surface area contributed by atoms with Gasteiger partial charge in [-0.3, -0.25) is 4.79 Å². The average molecular weight is 266 g/mol. The van der Waals surface area contributed by atoms with Gasteiger partial charge in [-0.25, -0.2) is 0 Å². The van der Waals surface area contributed by atoms with Crippen LogP contribution in [0.1, 0.15) is 20.8 Å². The molecule has 0 aliphatic carbocycles. The molecule has 1 atom stereocenters. The van der Waals surface area contributed by atoms with Crippen molar-refractivity contribution < 1.29 is 14.3 Å². The maximum Gasteiger partial charge on any atom is 0.263 e. The summed E-state index contributed by atoms with van der Waals surface area (Å²) in [6, 6.07) is 5.13. The third-order valence-corrected chi connectivity index (χ3v) is 2.94. The molecule has 0 radical (unpaired) electrons. The number of methoxy groups -OCH3 is 1. The molecule has 0 heterocycles. The number of hydrogen-bond acceptors (Lipinski definition) is 4. The van der Waals surface area contributed by atoms with E-state index in [4.69, 9.17) is 15.2 Å². The molecule has 1 aromatic carbocycles. The van der Waals surface area contributed by atoms with E-state index in [1.165, 1.54) is 0 Å². The van der Waals surface area contributed by atoms with Crippen molar-refractivity contribution in [2.75, 3.05) is 25.9 Å². The number of benzene rings is 1. The third kappa shape index (κ3) is 3.77. The molecule has 0 saturated carbocycles. The molecule has 1 amide bonds. The number of likely N-dealkylation sites (N-methyl/N-ethyl adjacent to an activating group) is 1. The van der Waals surface area contributed by atoms with Gasteiger partial charge in [0.25, 0.3) is 5.91 Å². The van der Waals surface area contributed by atoms with E-state index in [1.54, 1.807) is 37.1 Å². The number of carbonyl (C=O) groups is 1. The molecule has 1 aromatic rings. The highest BCUT2D eigenvalue weighted by Gasteiger charge is 2.20. The van der Waals surface area contributed by atoms with E-state index in [-0.39, 0.29) is 5.91 Å². The van der Waals surface area contributed by atoms with Gasteiger partial charge >= 0.3 is 0 Å². The first-order valence-electron chi connectivity index (χ1n) is 6.42. The molecule has 2 N–H and O–H groups in total. The Morgan fingerprint density at radius 2 is 2.00 bits per heavy atom. The van der Waals surface area contributed by atoms with Crippen molar-refractivity contribution in [3.63, 3.8) is 0 Å². The van der Waals surface area contributed by atoms with Crippen LogP contribution in [0.5, 0.6) is 11.5 Å². The van der Waals surface area contributed by atoms with Gasteiger partial charge in [-0.05, 0) is 32.9 Å². The van der Waals surface area contributed by atoms with Gasteiger partial charge in [0.2, 0.25) is 0 Å². The Morgan fingerprint density at radius 1 is 1.37 bits per heavy atom. The number of hydrogen-bond donors (Lipinski definition) is 1. The first kappa shape index (κ1) is 15.1. The minimum Gasteiger partial charge on any atom is -0.497 e. The van der Waals surface area contributed by atoms with Crippen LogP contribution in [0.2, 0.25) is 0 Å². The molecule has 0 spiro atoms. The van der Waals surface area contributed by atoms with Crippen LogP contribution in [0.4, 0.5) is 5.69 Å². The number of ether oxygens (including phenoxy) is 2. The second kappa shape index (κ2) is 6.87. The molecule has 0 aliphatic rings. The highest BCUT2D eigenvalue weighted by Crippen LogP contribution is 2.27. The van der Waals surface area contributed by atoms with Gasteiger partial charge in [0.15, 0.2) is 6.10 Å². The lowest BCUT2D eigenvalue weighted by Crippen LogP contribution is -2.40. The minimum atomic E-state index is -0.560. The van der Waals surface area contributed by atoms with Gasteiger partial charge in [0.1, 0.15) is 11.5 Å². The molecule has 0 bridgehead atoms. The van der Waals surface area contributed by atoms with Gasteiger partial charge < -0.3 is 20.1 Å². The van der Waals surface area contributed by atoms with Crippen LogP contribution in [0.25, 0.3) is 0 Å². The van der Waals surface area contributed by atoms with Gasteiger partial charge in [0, 0.05) is 19.2 Å². The molecule has 0 saturated heterocycles. The number of carbonyl (C=O) groups excluding carboxylic acids is 1. The Bertz CT molecular complexity index is 431. The molecular weight excluding hydrogens is 244 g/mol. The number of amides is 1. The van der Waals surface area contributed by atoms with Crippen molar-refractivity contribution >= 4 is 11.6 Å². The lowest BCUT2D eigenvalue weighted by molar-refractivity contribution is -0.137. The monoisotopic (exact) mass is 266 g/mol. The minimum absolute atomic E-state index is 0.0415. The van der Waals surface area contributed by atoms with Crippen LogP contribution in [0.3, 0.4) is 0 Å². The molecule has 0 aliphatic heterocycles. The number of anilines is 1. The quantitative estimate of drug-likeness (QED) is 0.799. The topological polar surface area (TPSA) is 64.8 Å². The summed E-state index contributed by atoms with van der Waals surface area (Å²) in [7, 11) is 1.57. The van der Waals surface area contributed by atoms with E-state index in [2.05, 4.69) is 0 Å². The summed E-state index contributed by atoms with van der Waals surface area (Å²) in [5, 5.41) is 0. The summed E-state index contributed by atoms with van der Waals surface area (Å²) in [4.78, 5) is 13.8. The maximum absolute atomic E-state index is 12.1. The highest BCUT2D eigenvalue weighted by atomic mass is 16.5. The zero-order valence-electron chi connectivity index (χ0n) is 12.0. The fraction of sp³-hybridized carbons (Fsp3) is 0.500. The lowest BCUT2D eigenvalue weighted by atomic mass is 10.2. The van der Waals surface area contributed by atoms with Crippen molar-refractivity contribution in [1.82, 2.24) is 4.90 Å². The molecule has 1 unspecified atom stereocenters. The lowest BCUT2D eigenvalue weighted by Gasteiger charge is -2.23. The van der Waals surface area contributed by atoms with Crippen LogP contribution in [0, 0.1) is 0 Å². The first-order valence-corrected chi connectivity index (χ1v) is 6.42. The summed E-state index contributed by atoms with van der Waals surface area (Å²) in [6.45, 7) is 6.94. The van der Waals surface area contributed by atoms with E-state index in [0.29, 0.717) is 30.3 Å². The van der Waals surface area contributed by atoms with Crippen LogP contribution in [0.15, 0.2) is 18.2 Å². The van der Waals surface area contributed by atoms with Crippen molar-refractivity contribution in [2.24, 2.45) is 0 Å². The molecule has 106 valence electrons. The van der Waals surface area contributed by atoms with E-state index in [9.17, 15) is 4.79 Å². The maximum atomic E-state index is 12.1. The van der Waals surface area contributed by atoms with Gasteiger partial charge in [-0.2, -0.15) is 0 Å². The molecule has 0 aromatic heterocycles. The van der Waals surface area contributed by atoms with Crippen LogP contribution < -0.4 is 15.2 Å². The predicted octanol–water partition coefficient (Wildman–Crippen LogP) is 1.91. The summed E-state index contributed by atoms with van der Waals surface area (Å²) in [5.74, 6) is 1.11. The normalized spacial score (nSPS) is 11.8. The summed E-state index contributed by atoms with van der Waals surface area (Å²) in [6.07, 6.45) is -0.560. The van der Waals surface area contributed by atoms with Crippen LogP contribution >= 0.6 is 0 Å². The number of nitrogen functional groups attached to an aromatic ring is 1. The first-order chi connectivity index (χ1) is 9.03. The standard InChI is InChI=1S/C14H22N2O3/c1-5-16(6-2)14(17)10(3)19-13-8-7-11(18-4)9-12(13)15/h7-10H,5-6,15H2,1-4H3. The SMILES string of the molecule is CCN(CC)C(=O)C(C)Oc1ccc(OC)cc1N. The fourth-order valence-corrected chi connectivity index (χ4v) is 1.79. The highest BCUT2D eigenvalue weighted by molar-refractivity contribution is 5.81. The average Bonchev–Trinajstić information content (AvgIpc) is 2.42. The number of rotatable bonds is 6. The van der Waals surface area contributed by atoms with Gasteiger partial charge in [-0.1, -0.05) is 0 Å².